The summed E-state index contributed by atoms with van der Waals surface area (Å²) in [6.07, 6.45) is -1.23. The predicted molar refractivity (Wildman–Crippen MR) is 100 cm³/mol. The summed E-state index contributed by atoms with van der Waals surface area (Å²) < 4.78 is 10.7. The molecular weight excluding hydrogens is 388 g/mol. The lowest BCUT2D eigenvalue weighted by Gasteiger charge is -2.30. The molecule has 0 saturated carbocycles. The summed E-state index contributed by atoms with van der Waals surface area (Å²) in [7, 11) is 0. The van der Waals surface area contributed by atoms with E-state index in [4.69, 9.17) is 21.1 Å². The van der Waals surface area contributed by atoms with Crippen LogP contribution in [0, 0.1) is 10.1 Å². The van der Waals surface area contributed by atoms with E-state index in [0.717, 1.165) is 12.1 Å². The summed E-state index contributed by atoms with van der Waals surface area (Å²) in [6.45, 7) is 1.52. The monoisotopic (exact) mass is 404 g/mol. The van der Waals surface area contributed by atoms with E-state index in [2.05, 4.69) is 0 Å². The van der Waals surface area contributed by atoms with Crippen LogP contribution in [0.15, 0.2) is 48.5 Å². The Morgan fingerprint density at radius 1 is 1.14 bits per heavy atom. The van der Waals surface area contributed by atoms with Crippen LogP contribution in [0.4, 0.5) is 5.69 Å². The first-order valence-electron chi connectivity index (χ1n) is 8.54. The number of nitrogens with zero attached hydrogens (tertiary/aromatic N) is 2. The van der Waals surface area contributed by atoms with Crippen LogP contribution in [0.2, 0.25) is 5.02 Å². The molecule has 0 spiro atoms. The van der Waals surface area contributed by atoms with Crippen LogP contribution in [0.1, 0.15) is 22.0 Å². The van der Waals surface area contributed by atoms with Gasteiger partial charge in [0.25, 0.3) is 11.6 Å². The first kappa shape index (κ1) is 19.8. The first-order valence-corrected chi connectivity index (χ1v) is 8.91. The van der Waals surface area contributed by atoms with Crippen molar-refractivity contribution in [2.24, 2.45) is 0 Å². The molecule has 0 N–H and O–H groups in total. The average molecular weight is 405 g/mol. The molecule has 1 heterocycles. The third kappa shape index (κ3) is 4.47. The van der Waals surface area contributed by atoms with E-state index in [1.165, 1.54) is 6.07 Å². The SMILES string of the molecule is O=C(O[C@H](C(=O)N1CCOCC1)c1ccccc1)c1cc(Cl)ccc1[N+](=O)[O-]. The van der Waals surface area contributed by atoms with Crippen LogP contribution in [0.25, 0.3) is 0 Å². The Labute approximate surface area is 165 Å². The molecule has 0 radical (unpaired) electrons. The van der Waals surface area contributed by atoms with E-state index in [9.17, 15) is 19.7 Å². The van der Waals surface area contributed by atoms with Crippen molar-refractivity contribution in [3.63, 3.8) is 0 Å². The number of ether oxygens (including phenoxy) is 2. The molecule has 1 fully saturated rings. The quantitative estimate of drug-likeness (QED) is 0.431. The molecule has 9 heteroatoms. The highest BCUT2D eigenvalue weighted by Gasteiger charge is 2.32. The summed E-state index contributed by atoms with van der Waals surface area (Å²) >= 11 is 5.88. The van der Waals surface area contributed by atoms with E-state index in [0.29, 0.717) is 31.9 Å². The maximum absolute atomic E-state index is 13.0. The third-order valence-electron chi connectivity index (χ3n) is 4.25. The summed E-state index contributed by atoms with van der Waals surface area (Å²) in [4.78, 5) is 37.8. The van der Waals surface area contributed by atoms with Gasteiger partial charge in [-0.1, -0.05) is 41.9 Å². The van der Waals surface area contributed by atoms with E-state index in [1.54, 1.807) is 35.2 Å². The number of carbonyl (C=O) groups excluding carboxylic acids is 2. The van der Waals surface area contributed by atoms with Gasteiger partial charge in [-0.3, -0.25) is 14.9 Å². The molecule has 1 aliphatic heterocycles. The van der Waals surface area contributed by atoms with Gasteiger partial charge in [-0.25, -0.2) is 4.79 Å². The Morgan fingerprint density at radius 3 is 2.46 bits per heavy atom. The van der Waals surface area contributed by atoms with E-state index in [1.807, 2.05) is 0 Å². The minimum absolute atomic E-state index is 0.147. The van der Waals surface area contributed by atoms with Crippen molar-refractivity contribution in [2.75, 3.05) is 26.3 Å². The van der Waals surface area contributed by atoms with Crippen molar-refractivity contribution in [2.45, 2.75) is 6.10 Å². The Hall–Kier alpha value is -2.97. The second-order valence-electron chi connectivity index (χ2n) is 6.05. The minimum atomic E-state index is -1.23. The Morgan fingerprint density at radius 2 is 1.82 bits per heavy atom. The highest BCUT2D eigenvalue weighted by atomic mass is 35.5. The van der Waals surface area contributed by atoms with Crippen molar-refractivity contribution >= 4 is 29.2 Å². The fraction of sp³-hybridized carbons (Fsp3) is 0.263. The lowest BCUT2D eigenvalue weighted by atomic mass is 10.1. The Kier molecular flexibility index (Phi) is 6.23. The average Bonchev–Trinajstić information content (AvgIpc) is 2.72. The van der Waals surface area contributed by atoms with Gasteiger partial charge in [-0.2, -0.15) is 0 Å². The van der Waals surface area contributed by atoms with Crippen LogP contribution in [0.5, 0.6) is 0 Å². The maximum Gasteiger partial charge on any atom is 0.346 e. The number of nitro benzene ring substituents is 1. The second-order valence-corrected chi connectivity index (χ2v) is 6.49. The van der Waals surface area contributed by atoms with Gasteiger partial charge in [0, 0.05) is 29.7 Å². The van der Waals surface area contributed by atoms with Gasteiger partial charge in [0.2, 0.25) is 6.10 Å². The largest absolute Gasteiger partial charge is 0.443 e. The zero-order chi connectivity index (χ0) is 20.1. The number of morpholine rings is 1. The zero-order valence-electron chi connectivity index (χ0n) is 14.7. The van der Waals surface area contributed by atoms with E-state index in [-0.39, 0.29) is 10.6 Å². The third-order valence-corrected chi connectivity index (χ3v) is 4.48. The van der Waals surface area contributed by atoms with Gasteiger partial charge in [0.1, 0.15) is 5.56 Å². The molecular formula is C19H17ClN2O6. The molecule has 0 bridgehead atoms. The molecule has 2 aromatic rings. The number of esters is 1. The van der Waals surface area contributed by atoms with Gasteiger partial charge in [-0.05, 0) is 12.1 Å². The molecule has 1 saturated heterocycles. The fourth-order valence-corrected chi connectivity index (χ4v) is 3.01. The molecule has 0 aromatic heterocycles. The number of carbonyl (C=O) groups is 2. The summed E-state index contributed by atoms with van der Waals surface area (Å²) in [5, 5.41) is 11.4. The normalized spacial score (nSPS) is 15.0. The van der Waals surface area contributed by atoms with Crippen molar-refractivity contribution in [3.05, 3.63) is 74.8 Å². The molecule has 3 rings (SSSR count). The number of hydrogen-bond donors (Lipinski definition) is 0. The maximum atomic E-state index is 13.0. The lowest BCUT2D eigenvalue weighted by Crippen LogP contribution is -2.44. The number of nitro groups is 1. The van der Waals surface area contributed by atoms with E-state index >= 15 is 0 Å². The summed E-state index contributed by atoms with van der Waals surface area (Å²) in [5.41, 5.74) is -0.287. The molecule has 1 atom stereocenters. The number of benzene rings is 2. The van der Waals surface area contributed by atoms with Crippen molar-refractivity contribution < 1.29 is 24.0 Å². The molecule has 146 valence electrons. The van der Waals surface area contributed by atoms with Crippen LogP contribution in [-0.2, 0) is 14.3 Å². The second kappa shape index (κ2) is 8.81. The van der Waals surface area contributed by atoms with Crippen LogP contribution in [-0.4, -0.2) is 48.0 Å². The van der Waals surface area contributed by atoms with Gasteiger partial charge < -0.3 is 14.4 Å². The zero-order valence-corrected chi connectivity index (χ0v) is 15.5. The van der Waals surface area contributed by atoms with Crippen LogP contribution >= 0.6 is 11.6 Å². The van der Waals surface area contributed by atoms with Gasteiger partial charge in [-0.15, -0.1) is 0 Å². The smallest absolute Gasteiger partial charge is 0.346 e. The summed E-state index contributed by atoms with van der Waals surface area (Å²) in [5.74, 6) is -1.41. The van der Waals surface area contributed by atoms with Crippen LogP contribution in [0.3, 0.4) is 0 Å². The molecule has 28 heavy (non-hydrogen) atoms. The Balaban J connectivity index is 1.91. The highest BCUT2D eigenvalue weighted by Crippen LogP contribution is 2.27. The first-order chi connectivity index (χ1) is 13.5. The topological polar surface area (TPSA) is 99.0 Å². The number of amides is 1. The van der Waals surface area contributed by atoms with Crippen molar-refractivity contribution in [1.82, 2.24) is 4.90 Å². The molecule has 2 aromatic carbocycles. The van der Waals surface area contributed by atoms with Crippen molar-refractivity contribution in [3.8, 4) is 0 Å². The number of halogens is 1. The predicted octanol–water partition coefficient (Wildman–Crippen LogP) is 3.01. The number of hydrogen-bond acceptors (Lipinski definition) is 6. The Bertz CT molecular complexity index is 883. The highest BCUT2D eigenvalue weighted by molar-refractivity contribution is 6.31. The van der Waals surface area contributed by atoms with Gasteiger partial charge in [0.05, 0.1) is 18.1 Å². The van der Waals surface area contributed by atoms with Gasteiger partial charge in [0.15, 0.2) is 0 Å². The molecule has 1 amide bonds. The van der Waals surface area contributed by atoms with Crippen LogP contribution < -0.4 is 0 Å². The standard InChI is InChI=1S/C19H17ClN2O6/c20-14-6-7-16(22(25)26)15(12-14)19(24)28-17(13-4-2-1-3-5-13)18(23)21-8-10-27-11-9-21/h1-7,12,17H,8-11H2/t17-/m0/s1. The molecule has 1 aliphatic rings. The molecule has 0 unspecified atom stereocenters. The fourth-order valence-electron chi connectivity index (χ4n) is 2.84. The summed E-state index contributed by atoms with van der Waals surface area (Å²) in [6, 6.07) is 12.1. The lowest BCUT2D eigenvalue weighted by molar-refractivity contribution is -0.385. The minimum Gasteiger partial charge on any atom is -0.443 e. The number of rotatable bonds is 5. The molecule has 8 nitrogen and oxygen atoms in total. The van der Waals surface area contributed by atoms with Gasteiger partial charge >= 0.3 is 5.97 Å². The van der Waals surface area contributed by atoms with E-state index < -0.39 is 28.6 Å². The van der Waals surface area contributed by atoms with Crippen molar-refractivity contribution in [1.29, 1.82) is 0 Å². The molecule has 0 aliphatic carbocycles.